The summed E-state index contributed by atoms with van der Waals surface area (Å²) in [6, 6.07) is 1.93. The molecule has 2 aromatic heterocycles. The first-order valence-electron chi connectivity index (χ1n) is 7.02. The molecule has 24 heavy (non-hydrogen) atoms. The zero-order chi connectivity index (χ0) is 17.8. The van der Waals surface area contributed by atoms with Gasteiger partial charge in [-0.2, -0.15) is 0 Å². The molecular formula is C16H12O8. The van der Waals surface area contributed by atoms with Gasteiger partial charge >= 0.3 is 11.3 Å². The average Bonchev–Trinajstić information content (AvgIpc) is 2.57. The molecule has 0 amide bonds. The number of aromatic hydroxyl groups is 4. The number of hydrogen-bond donors (Lipinski definition) is 4. The van der Waals surface area contributed by atoms with E-state index in [1.165, 1.54) is 0 Å². The first kappa shape index (κ1) is 15.5. The van der Waals surface area contributed by atoms with Gasteiger partial charge in [0.1, 0.15) is 0 Å². The molecule has 0 aliphatic carbocycles. The van der Waals surface area contributed by atoms with E-state index in [1.807, 2.05) is 13.8 Å². The van der Waals surface area contributed by atoms with Crippen molar-refractivity contribution in [1.29, 1.82) is 0 Å². The van der Waals surface area contributed by atoms with Crippen molar-refractivity contribution in [2.24, 2.45) is 0 Å². The van der Waals surface area contributed by atoms with Gasteiger partial charge in [-0.3, -0.25) is 0 Å². The van der Waals surface area contributed by atoms with Crippen molar-refractivity contribution < 1.29 is 29.3 Å². The van der Waals surface area contributed by atoms with Crippen molar-refractivity contribution in [2.45, 2.75) is 13.8 Å². The Hall–Kier alpha value is -3.42. The van der Waals surface area contributed by atoms with Crippen LogP contribution in [0.5, 0.6) is 23.0 Å². The van der Waals surface area contributed by atoms with Gasteiger partial charge in [-0.05, 0) is 12.1 Å². The molecule has 0 atom stereocenters. The number of rotatable bonds is 0. The van der Waals surface area contributed by atoms with Gasteiger partial charge in [0.2, 0.25) is 11.5 Å². The van der Waals surface area contributed by atoms with Crippen LogP contribution in [0.3, 0.4) is 0 Å². The summed E-state index contributed by atoms with van der Waals surface area (Å²) in [6.07, 6.45) is 0. The Balaban J connectivity index is 0.000000815. The molecule has 4 rings (SSSR count). The molecule has 0 fully saturated rings. The maximum absolute atomic E-state index is 12.0. The minimum atomic E-state index is -0.941. The first-order chi connectivity index (χ1) is 11.4. The van der Waals surface area contributed by atoms with Crippen LogP contribution in [0.1, 0.15) is 13.8 Å². The third-order valence-electron chi connectivity index (χ3n) is 3.55. The highest BCUT2D eigenvalue weighted by molar-refractivity contribution is 6.22. The second-order valence-electron chi connectivity index (χ2n) is 4.77. The SMILES string of the molecule is CC.O=c1oc2c(O)c(O)cc3c(=O)oc4c(O)c(O)cc1c4c23. The summed E-state index contributed by atoms with van der Waals surface area (Å²) in [7, 11) is 0. The molecule has 2 heterocycles. The van der Waals surface area contributed by atoms with Gasteiger partial charge in [0.25, 0.3) is 0 Å². The normalized spacial score (nSPS) is 11.1. The van der Waals surface area contributed by atoms with E-state index in [4.69, 9.17) is 8.83 Å². The molecule has 0 radical (unpaired) electrons. The van der Waals surface area contributed by atoms with E-state index in [2.05, 4.69) is 0 Å². The Morgan fingerprint density at radius 3 is 1.38 bits per heavy atom. The first-order valence-corrected chi connectivity index (χ1v) is 7.02. The van der Waals surface area contributed by atoms with E-state index in [1.54, 1.807) is 0 Å². The van der Waals surface area contributed by atoms with Crippen molar-refractivity contribution in [1.82, 2.24) is 0 Å². The molecule has 8 heteroatoms. The van der Waals surface area contributed by atoms with Crippen molar-refractivity contribution in [3.05, 3.63) is 33.0 Å². The number of phenolic OH excluding ortho intramolecular Hbond substituents is 4. The van der Waals surface area contributed by atoms with Gasteiger partial charge in [0.15, 0.2) is 22.7 Å². The summed E-state index contributed by atoms with van der Waals surface area (Å²) < 4.78 is 9.87. The standard InChI is InChI=1S/C14H6O8.C2H6/c15-5-1-3-7-8-4(14(20)22-11(7)9(5)17)2-6(16)10(18)12(8)21-13(3)19;1-2/h1-2,15-18H;1-2H3. The van der Waals surface area contributed by atoms with Gasteiger partial charge in [0, 0.05) is 10.8 Å². The average molecular weight is 332 g/mol. The molecule has 8 nitrogen and oxygen atoms in total. The fourth-order valence-corrected chi connectivity index (χ4v) is 2.58. The van der Waals surface area contributed by atoms with Crippen molar-refractivity contribution >= 4 is 32.7 Å². The van der Waals surface area contributed by atoms with E-state index < -0.39 is 45.4 Å². The van der Waals surface area contributed by atoms with Crippen molar-refractivity contribution in [2.75, 3.05) is 0 Å². The fourth-order valence-electron chi connectivity index (χ4n) is 2.58. The molecule has 0 spiro atoms. The van der Waals surface area contributed by atoms with Crippen LogP contribution in [0.2, 0.25) is 0 Å². The monoisotopic (exact) mass is 332 g/mol. The Morgan fingerprint density at radius 2 is 1.04 bits per heavy atom. The molecule has 0 saturated carbocycles. The summed E-state index contributed by atoms with van der Waals surface area (Å²) in [5, 5.41) is 38.7. The predicted octanol–water partition coefficient (Wildman–Crippen LogP) is 2.34. The minimum absolute atomic E-state index is 0.00597. The second kappa shape index (κ2) is 5.05. The van der Waals surface area contributed by atoms with Crippen LogP contribution in [0.15, 0.2) is 30.6 Å². The summed E-state index contributed by atoms with van der Waals surface area (Å²) in [5.41, 5.74) is -2.70. The third kappa shape index (κ3) is 1.79. The van der Waals surface area contributed by atoms with Crippen LogP contribution < -0.4 is 11.3 Å². The van der Waals surface area contributed by atoms with Crippen LogP contribution in [-0.4, -0.2) is 20.4 Å². The van der Waals surface area contributed by atoms with Crippen LogP contribution in [-0.2, 0) is 0 Å². The molecule has 2 aromatic carbocycles. The van der Waals surface area contributed by atoms with E-state index in [-0.39, 0.29) is 21.5 Å². The summed E-state index contributed by atoms with van der Waals surface area (Å²) in [6.45, 7) is 4.00. The molecule has 0 aliphatic heterocycles. The maximum Gasteiger partial charge on any atom is 0.344 e. The lowest BCUT2D eigenvalue weighted by atomic mass is 10.0. The maximum atomic E-state index is 12.0. The van der Waals surface area contributed by atoms with Crippen LogP contribution in [0, 0.1) is 0 Å². The third-order valence-corrected chi connectivity index (χ3v) is 3.55. The number of hydrogen-bond acceptors (Lipinski definition) is 8. The molecule has 4 N–H and O–H groups in total. The highest BCUT2D eigenvalue weighted by Crippen LogP contribution is 2.44. The van der Waals surface area contributed by atoms with E-state index in [0.29, 0.717) is 0 Å². The number of phenols is 4. The predicted molar refractivity (Wildman–Crippen MR) is 85.2 cm³/mol. The Morgan fingerprint density at radius 1 is 0.708 bits per heavy atom. The molecular weight excluding hydrogens is 320 g/mol. The van der Waals surface area contributed by atoms with Crippen molar-refractivity contribution in [3.8, 4) is 23.0 Å². The van der Waals surface area contributed by atoms with Crippen LogP contribution in [0.25, 0.3) is 32.7 Å². The molecule has 0 aliphatic rings. The van der Waals surface area contributed by atoms with Gasteiger partial charge < -0.3 is 29.3 Å². The second-order valence-corrected chi connectivity index (χ2v) is 4.77. The Kier molecular flexibility index (Phi) is 3.26. The number of benzene rings is 2. The van der Waals surface area contributed by atoms with E-state index in [0.717, 1.165) is 12.1 Å². The van der Waals surface area contributed by atoms with Gasteiger partial charge in [-0.1, -0.05) is 13.8 Å². The fraction of sp³-hybridized carbons (Fsp3) is 0.125. The molecule has 0 unspecified atom stereocenters. The largest absolute Gasteiger partial charge is 0.504 e. The van der Waals surface area contributed by atoms with E-state index in [9.17, 15) is 30.0 Å². The lowest BCUT2D eigenvalue weighted by Gasteiger charge is -2.10. The topological polar surface area (TPSA) is 141 Å². The zero-order valence-electron chi connectivity index (χ0n) is 12.6. The summed E-state index contributed by atoms with van der Waals surface area (Å²) in [5.74, 6) is -2.75. The van der Waals surface area contributed by atoms with Gasteiger partial charge in [0.05, 0.1) is 10.8 Å². The Labute approximate surface area is 132 Å². The summed E-state index contributed by atoms with van der Waals surface area (Å²) >= 11 is 0. The smallest absolute Gasteiger partial charge is 0.344 e. The Bertz CT molecular complexity index is 1100. The highest BCUT2D eigenvalue weighted by Gasteiger charge is 2.24. The van der Waals surface area contributed by atoms with E-state index >= 15 is 0 Å². The molecule has 0 bridgehead atoms. The lowest BCUT2D eigenvalue weighted by Crippen LogP contribution is -2.06. The zero-order valence-corrected chi connectivity index (χ0v) is 12.6. The molecule has 4 aromatic rings. The van der Waals surface area contributed by atoms with Gasteiger partial charge in [-0.15, -0.1) is 0 Å². The summed E-state index contributed by atoms with van der Waals surface area (Å²) in [4.78, 5) is 24.0. The van der Waals surface area contributed by atoms with Crippen LogP contribution in [0.4, 0.5) is 0 Å². The lowest BCUT2D eigenvalue weighted by molar-refractivity contribution is 0.395. The quantitative estimate of drug-likeness (QED) is 0.218. The minimum Gasteiger partial charge on any atom is -0.504 e. The molecule has 124 valence electrons. The van der Waals surface area contributed by atoms with Gasteiger partial charge in [-0.25, -0.2) is 9.59 Å². The van der Waals surface area contributed by atoms with Crippen molar-refractivity contribution in [3.63, 3.8) is 0 Å². The molecule has 0 saturated heterocycles. The van der Waals surface area contributed by atoms with Crippen LogP contribution >= 0.6 is 0 Å². The highest BCUT2D eigenvalue weighted by atomic mass is 16.4.